The Morgan fingerprint density at radius 3 is 2.55 bits per heavy atom. The molecule has 1 amide bonds. The Hall–Kier alpha value is -5.51. The van der Waals surface area contributed by atoms with Crippen LogP contribution in [0.3, 0.4) is 0 Å². The summed E-state index contributed by atoms with van der Waals surface area (Å²) in [5, 5.41) is 21.5. The molecule has 13 nitrogen and oxygen atoms in total. The van der Waals surface area contributed by atoms with Crippen LogP contribution in [0.2, 0.25) is 0 Å². The zero-order valence-electron chi connectivity index (χ0n) is 26.4. The van der Waals surface area contributed by atoms with E-state index in [1.807, 2.05) is 67.5 Å². The number of oxime groups is 1. The van der Waals surface area contributed by atoms with Crippen molar-refractivity contribution in [3.8, 4) is 17.2 Å². The van der Waals surface area contributed by atoms with Crippen molar-refractivity contribution in [2.75, 3.05) is 28.2 Å². The van der Waals surface area contributed by atoms with Crippen molar-refractivity contribution < 1.29 is 14.4 Å². The average Bonchev–Trinajstić information content (AvgIpc) is 3.70. The van der Waals surface area contributed by atoms with Crippen LogP contribution < -0.4 is 15.1 Å². The Labute approximate surface area is 272 Å². The average molecular weight is 633 g/mol. The van der Waals surface area contributed by atoms with E-state index < -0.39 is 6.09 Å². The zero-order valence-corrected chi connectivity index (χ0v) is 26.4. The first-order valence-corrected chi connectivity index (χ1v) is 15.8. The normalized spacial score (nSPS) is 19.7. The molecule has 0 unspecified atom stereocenters. The van der Waals surface area contributed by atoms with Gasteiger partial charge in [-0.3, -0.25) is 9.58 Å². The van der Waals surface area contributed by atoms with Crippen LogP contribution in [-0.4, -0.2) is 67.3 Å². The van der Waals surface area contributed by atoms with E-state index in [0.717, 1.165) is 54.5 Å². The number of aryl methyl sites for hydroxylation is 1. The maximum Gasteiger partial charge on any atom is 0.416 e. The number of nitrogens with zero attached hydrogens (tertiary/aromatic N) is 9. The number of carbonyl (C=O) groups excluding carboxylic acids is 1. The van der Waals surface area contributed by atoms with Crippen LogP contribution in [0.4, 0.5) is 22.4 Å². The maximum absolute atomic E-state index is 13.6. The van der Waals surface area contributed by atoms with Crippen molar-refractivity contribution in [1.82, 2.24) is 24.7 Å². The Balaban J connectivity index is 1.02. The standard InChI is InChI=1S/C34H36N10O3/c1-23-14-34(47-41-23)21-43(22-34)31-26(15-35)17-37-32(40-31)39-28-9-11-29(12-10-28)44(33(45)46-20-24-6-4-3-5-7-24)30-13-8-25(16-36-30)27-18-38-42(2)19-27/h3-8,13,16-19,28-29H,9-12,14,20-22H2,1-2H3,(H,37,39,40)/t28-,29-. The van der Waals surface area contributed by atoms with Crippen LogP contribution in [0.5, 0.6) is 0 Å². The summed E-state index contributed by atoms with van der Waals surface area (Å²) in [6.07, 6.45) is 10.5. The van der Waals surface area contributed by atoms with Crippen LogP contribution in [0, 0.1) is 11.3 Å². The molecule has 0 atom stereocenters. The molecule has 1 saturated carbocycles. The Bertz CT molecular complexity index is 1800. The second-order valence-electron chi connectivity index (χ2n) is 12.5. The predicted molar refractivity (Wildman–Crippen MR) is 176 cm³/mol. The number of aromatic nitrogens is 5. The summed E-state index contributed by atoms with van der Waals surface area (Å²) < 4.78 is 7.55. The molecule has 5 heterocycles. The minimum absolute atomic E-state index is 0.0973. The van der Waals surface area contributed by atoms with Crippen LogP contribution >= 0.6 is 0 Å². The molecular weight excluding hydrogens is 596 g/mol. The predicted octanol–water partition coefficient (Wildman–Crippen LogP) is 5.07. The van der Waals surface area contributed by atoms with Gasteiger partial charge in [-0.05, 0) is 50.3 Å². The summed E-state index contributed by atoms with van der Waals surface area (Å²) in [4.78, 5) is 36.9. The number of nitrogens with one attached hydrogen (secondary N) is 1. The van der Waals surface area contributed by atoms with E-state index in [-0.39, 0.29) is 24.3 Å². The third-order valence-corrected chi connectivity index (χ3v) is 8.95. The van der Waals surface area contributed by atoms with Gasteiger partial charge in [0.1, 0.15) is 24.1 Å². The van der Waals surface area contributed by atoms with Gasteiger partial charge in [0.05, 0.1) is 31.2 Å². The van der Waals surface area contributed by atoms with Crippen LogP contribution in [0.25, 0.3) is 11.1 Å². The first-order valence-electron chi connectivity index (χ1n) is 15.8. The monoisotopic (exact) mass is 632 g/mol. The molecule has 0 radical (unpaired) electrons. The number of hydrogen-bond acceptors (Lipinski definition) is 11. The number of ether oxygens (including phenoxy) is 1. The van der Waals surface area contributed by atoms with E-state index >= 15 is 0 Å². The van der Waals surface area contributed by atoms with Gasteiger partial charge in [-0.2, -0.15) is 15.3 Å². The van der Waals surface area contributed by atoms with E-state index in [9.17, 15) is 10.1 Å². The number of pyridine rings is 1. The van der Waals surface area contributed by atoms with Gasteiger partial charge in [0.25, 0.3) is 0 Å². The molecule has 240 valence electrons. The quantitative estimate of drug-likeness (QED) is 0.279. The highest BCUT2D eigenvalue weighted by molar-refractivity contribution is 5.87. The second-order valence-corrected chi connectivity index (χ2v) is 12.5. The third kappa shape index (κ3) is 6.44. The highest BCUT2D eigenvalue weighted by atomic mass is 16.7. The first kappa shape index (κ1) is 30.2. The SMILES string of the molecule is CC1=NOC2(C1)CN(c1nc(N[C@H]3CC[C@H](N(C(=O)OCc4ccccc4)c4ccc(-c5cnn(C)c5)cn4)CC3)ncc1C#N)C2. The van der Waals surface area contributed by atoms with E-state index in [1.165, 1.54) is 0 Å². The molecule has 0 bridgehead atoms. The molecule has 1 aromatic carbocycles. The van der Waals surface area contributed by atoms with Gasteiger partial charge in [-0.1, -0.05) is 35.5 Å². The summed E-state index contributed by atoms with van der Waals surface area (Å²) >= 11 is 0. The number of amides is 1. The number of anilines is 3. The molecule has 1 spiro atoms. The fourth-order valence-electron chi connectivity index (χ4n) is 6.59. The molecule has 13 heteroatoms. The van der Waals surface area contributed by atoms with Crippen LogP contribution in [0.15, 0.2) is 72.4 Å². The van der Waals surface area contributed by atoms with Crippen molar-refractivity contribution >= 4 is 29.4 Å². The van der Waals surface area contributed by atoms with E-state index in [0.29, 0.717) is 36.2 Å². The van der Waals surface area contributed by atoms with Gasteiger partial charge in [-0.25, -0.2) is 14.8 Å². The van der Waals surface area contributed by atoms with Crippen molar-refractivity contribution in [2.45, 2.75) is 63.3 Å². The molecule has 47 heavy (non-hydrogen) atoms. The lowest BCUT2D eigenvalue weighted by molar-refractivity contribution is -0.0396. The highest BCUT2D eigenvalue weighted by Crippen LogP contribution is 2.37. The maximum atomic E-state index is 13.6. The fourth-order valence-corrected chi connectivity index (χ4v) is 6.59. The molecular formula is C34H36N10O3. The summed E-state index contributed by atoms with van der Waals surface area (Å²) in [6, 6.07) is 15.7. The number of benzene rings is 1. The largest absolute Gasteiger partial charge is 0.444 e. The molecule has 3 aliphatic rings. The van der Waals surface area contributed by atoms with Gasteiger partial charge in [0.2, 0.25) is 5.95 Å². The van der Waals surface area contributed by atoms with Crippen molar-refractivity contribution in [1.29, 1.82) is 5.26 Å². The van der Waals surface area contributed by atoms with Crippen molar-refractivity contribution in [3.63, 3.8) is 0 Å². The topological polar surface area (TPSA) is 147 Å². The molecule has 4 aromatic rings. The first-order chi connectivity index (χ1) is 22.9. The smallest absolute Gasteiger partial charge is 0.416 e. The summed E-state index contributed by atoms with van der Waals surface area (Å²) in [5.74, 6) is 1.63. The molecule has 2 aliphatic heterocycles. The molecule has 1 saturated heterocycles. The second kappa shape index (κ2) is 12.7. The van der Waals surface area contributed by atoms with Gasteiger partial charge in [-0.15, -0.1) is 0 Å². The minimum atomic E-state index is -0.425. The molecule has 1 N–H and O–H groups in total. The van der Waals surface area contributed by atoms with Gasteiger partial charge in [0.15, 0.2) is 11.4 Å². The van der Waals surface area contributed by atoms with E-state index in [2.05, 4.69) is 26.6 Å². The zero-order chi connectivity index (χ0) is 32.4. The number of rotatable bonds is 8. The molecule has 3 aromatic heterocycles. The van der Waals surface area contributed by atoms with Crippen LogP contribution in [-0.2, 0) is 23.2 Å². The Kier molecular flexibility index (Phi) is 8.15. The summed E-state index contributed by atoms with van der Waals surface area (Å²) in [6.45, 7) is 3.38. The van der Waals surface area contributed by atoms with Crippen molar-refractivity contribution in [2.24, 2.45) is 12.2 Å². The lowest BCUT2D eigenvalue weighted by Crippen LogP contribution is -2.62. The third-order valence-electron chi connectivity index (χ3n) is 8.95. The molecule has 1 aliphatic carbocycles. The highest BCUT2D eigenvalue weighted by Gasteiger charge is 2.50. The number of nitriles is 1. The van der Waals surface area contributed by atoms with Gasteiger partial charge in [0, 0.05) is 49.1 Å². The van der Waals surface area contributed by atoms with Gasteiger partial charge >= 0.3 is 6.09 Å². The minimum Gasteiger partial charge on any atom is -0.444 e. The Morgan fingerprint density at radius 2 is 1.89 bits per heavy atom. The summed E-state index contributed by atoms with van der Waals surface area (Å²) in [5.41, 5.74) is 3.87. The fraction of sp³-hybridized carbons (Fsp3) is 0.382. The number of carbonyl (C=O) groups is 1. The molecule has 7 rings (SSSR count). The van der Waals surface area contributed by atoms with Crippen molar-refractivity contribution in [3.05, 3.63) is 78.4 Å². The lowest BCUT2D eigenvalue weighted by atomic mass is 9.89. The molecule has 2 fully saturated rings. The van der Waals surface area contributed by atoms with E-state index in [1.54, 1.807) is 28.2 Å². The summed E-state index contributed by atoms with van der Waals surface area (Å²) in [7, 11) is 1.87. The number of hydrogen-bond donors (Lipinski definition) is 1. The Morgan fingerprint density at radius 1 is 1.09 bits per heavy atom. The van der Waals surface area contributed by atoms with Gasteiger partial charge < -0.3 is 19.8 Å². The lowest BCUT2D eigenvalue weighted by Gasteiger charge is -2.46. The van der Waals surface area contributed by atoms with E-state index in [4.69, 9.17) is 19.5 Å². The van der Waals surface area contributed by atoms with Crippen LogP contribution in [0.1, 0.15) is 50.2 Å².